The van der Waals surface area contributed by atoms with Gasteiger partial charge in [-0.3, -0.25) is 0 Å². The minimum Gasteiger partial charge on any atom is -0.449 e. The van der Waals surface area contributed by atoms with Gasteiger partial charge >= 0.3 is 5.97 Å². The molecule has 1 aromatic rings. The van der Waals surface area contributed by atoms with Crippen molar-refractivity contribution in [2.75, 3.05) is 20.7 Å². The summed E-state index contributed by atoms with van der Waals surface area (Å²) in [5.41, 5.74) is 2.61. The Labute approximate surface area is 108 Å². The van der Waals surface area contributed by atoms with E-state index in [-0.39, 0.29) is 12.6 Å². The smallest absolute Gasteiger partial charge is 0.339 e. The van der Waals surface area contributed by atoms with Crippen LogP contribution >= 0.6 is 0 Å². The first kappa shape index (κ1) is 14.2. The number of benzene rings is 1. The topological polar surface area (TPSA) is 50.4 Å². The molecule has 1 aromatic carbocycles. The highest BCUT2D eigenvalue weighted by molar-refractivity contribution is 5.90. The van der Waals surface area contributed by atoms with Gasteiger partial charge in [-0.25, -0.2) is 4.79 Å². The fourth-order valence-electron chi connectivity index (χ4n) is 1.68. The maximum Gasteiger partial charge on any atom is 0.339 e. The number of esters is 1. The molecule has 2 N–H and O–H groups in total. The van der Waals surface area contributed by atoms with E-state index in [9.17, 15) is 4.79 Å². The quantitative estimate of drug-likeness (QED) is 0.579. The number of carbonyl (C=O) groups is 1. The van der Waals surface area contributed by atoms with Gasteiger partial charge in [-0.1, -0.05) is 12.0 Å². The normalized spacial score (nSPS) is 9.83. The van der Waals surface area contributed by atoms with Crippen molar-refractivity contribution >= 4 is 5.97 Å². The second kappa shape index (κ2) is 7.49. The maximum atomic E-state index is 11.8. The minimum absolute atomic E-state index is 0.00352. The van der Waals surface area contributed by atoms with Gasteiger partial charge in [0.15, 0.2) is 6.61 Å². The van der Waals surface area contributed by atoms with Crippen molar-refractivity contribution in [1.82, 2.24) is 10.6 Å². The van der Waals surface area contributed by atoms with E-state index in [1.54, 1.807) is 0 Å². The zero-order valence-corrected chi connectivity index (χ0v) is 10.7. The summed E-state index contributed by atoms with van der Waals surface area (Å²) in [6, 6.07) is 5.67. The van der Waals surface area contributed by atoms with E-state index in [2.05, 4.69) is 16.6 Å². The Morgan fingerprint density at radius 3 is 2.22 bits per heavy atom. The van der Waals surface area contributed by atoms with E-state index < -0.39 is 0 Å². The molecule has 0 radical (unpaired) electrons. The Morgan fingerprint density at radius 1 is 1.22 bits per heavy atom. The molecule has 0 heterocycles. The minimum atomic E-state index is -0.386. The fraction of sp³-hybridized carbons (Fsp3) is 0.357. The molecule has 0 amide bonds. The molecule has 0 saturated carbocycles. The molecule has 0 aromatic heterocycles. The van der Waals surface area contributed by atoms with Crippen molar-refractivity contribution in [3.8, 4) is 12.3 Å². The fourth-order valence-corrected chi connectivity index (χ4v) is 1.68. The first-order chi connectivity index (χ1) is 8.71. The molecule has 0 aliphatic heterocycles. The first-order valence-corrected chi connectivity index (χ1v) is 5.74. The summed E-state index contributed by atoms with van der Waals surface area (Å²) >= 11 is 0. The number of ether oxygens (including phenoxy) is 1. The van der Waals surface area contributed by atoms with Crippen LogP contribution in [-0.4, -0.2) is 26.7 Å². The zero-order valence-electron chi connectivity index (χ0n) is 10.7. The van der Waals surface area contributed by atoms with Crippen LogP contribution < -0.4 is 10.6 Å². The number of hydrogen-bond donors (Lipinski definition) is 2. The zero-order chi connectivity index (χ0) is 13.4. The standard InChI is InChI=1S/C14H18N2O2/c1-4-5-18-14(17)13-7-11(9-15-2)6-12(8-13)10-16-3/h1,6-8,15-16H,5,9-10H2,2-3H3. The number of hydrogen-bond acceptors (Lipinski definition) is 4. The summed E-state index contributed by atoms with van der Waals surface area (Å²) in [6.07, 6.45) is 5.06. The second-order valence-electron chi connectivity index (χ2n) is 3.88. The number of rotatable bonds is 6. The van der Waals surface area contributed by atoms with Crippen LogP contribution in [0.25, 0.3) is 0 Å². The molecule has 0 aliphatic rings. The van der Waals surface area contributed by atoms with Crippen molar-refractivity contribution in [2.24, 2.45) is 0 Å². The van der Waals surface area contributed by atoms with E-state index in [4.69, 9.17) is 11.2 Å². The molecular formula is C14H18N2O2. The first-order valence-electron chi connectivity index (χ1n) is 5.74. The lowest BCUT2D eigenvalue weighted by molar-refractivity contribution is 0.0556. The lowest BCUT2D eigenvalue weighted by Crippen LogP contribution is -2.12. The molecule has 96 valence electrons. The van der Waals surface area contributed by atoms with Crippen molar-refractivity contribution in [3.05, 3.63) is 34.9 Å². The third kappa shape index (κ3) is 4.21. The predicted molar refractivity (Wildman–Crippen MR) is 71.1 cm³/mol. The Kier molecular flexibility index (Phi) is 5.92. The molecule has 4 heteroatoms. The highest BCUT2D eigenvalue weighted by Gasteiger charge is 2.09. The number of terminal acetylenes is 1. The Morgan fingerprint density at radius 2 is 1.78 bits per heavy atom. The molecule has 0 bridgehead atoms. The van der Waals surface area contributed by atoms with E-state index >= 15 is 0 Å². The largest absolute Gasteiger partial charge is 0.449 e. The Balaban J connectivity index is 2.95. The van der Waals surface area contributed by atoms with Gasteiger partial charge < -0.3 is 15.4 Å². The van der Waals surface area contributed by atoms with Crippen LogP contribution in [0, 0.1) is 12.3 Å². The van der Waals surface area contributed by atoms with Gasteiger partial charge in [0.1, 0.15) is 0 Å². The second-order valence-corrected chi connectivity index (χ2v) is 3.88. The highest BCUT2D eigenvalue weighted by Crippen LogP contribution is 2.12. The van der Waals surface area contributed by atoms with E-state index in [1.807, 2.05) is 32.3 Å². The molecule has 0 unspecified atom stereocenters. The monoisotopic (exact) mass is 246 g/mol. The van der Waals surface area contributed by atoms with Gasteiger partial charge in [-0.2, -0.15) is 0 Å². The lowest BCUT2D eigenvalue weighted by atomic mass is 10.1. The van der Waals surface area contributed by atoms with E-state index in [0.29, 0.717) is 18.7 Å². The van der Waals surface area contributed by atoms with Crippen LogP contribution in [0.1, 0.15) is 21.5 Å². The van der Waals surface area contributed by atoms with Crippen molar-refractivity contribution in [2.45, 2.75) is 13.1 Å². The number of nitrogens with one attached hydrogen (secondary N) is 2. The predicted octanol–water partition coefficient (Wildman–Crippen LogP) is 0.915. The van der Waals surface area contributed by atoms with Gasteiger partial charge in [0.2, 0.25) is 0 Å². The third-order valence-corrected chi connectivity index (χ3v) is 2.34. The molecule has 0 atom stereocenters. The highest BCUT2D eigenvalue weighted by atomic mass is 16.5. The summed E-state index contributed by atoms with van der Waals surface area (Å²) in [5.74, 6) is 1.89. The van der Waals surface area contributed by atoms with Crippen LogP contribution in [-0.2, 0) is 17.8 Å². The van der Waals surface area contributed by atoms with Crippen molar-refractivity contribution in [3.63, 3.8) is 0 Å². The summed E-state index contributed by atoms with van der Waals surface area (Å²) in [4.78, 5) is 11.8. The average molecular weight is 246 g/mol. The van der Waals surface area contributed by atoms with Gasteiger partial charge in [-0.15, -0.1) is 6.42 Å². The maximum absolute atomic E-state index is 11.8. The van der Waals surface area contributed by atoms with Gasteiger partial charge in [-0.05, 0) is 37.4 Å². The van der Waals surface area contributed by atoms with Crippen molar-refractivity contribution < 1.29 is 9.53 Å². The Bertz CT molecular complexity index is 425. The number of carbonyl (C=O) groups excluding carboxylic acids is 1. The van der Waals surface area contributed by atoms with Crippen molar-refractivity contribution in [1.29, 1.82) is 0 Å². The van der Waals surface area contributed by atoms with E-state index in [0.717, 1.165) is 11.1 Å². The van der Waals surface area contributed by atoms with Gasteiger partial charge in [0, 0.05) is 13.1 Å². The molecule has 0 spiro atoms. The summed E-state index contributed by atoms with van der Waals surface area (Å²) in [6.45, 7) is 1.40. The molecule has 4 nitrogen and oxygen atoms in total. The summed E-state index contributed by atoms with van der Waals surface area (Å²) in [5, 5.41) is 6.12. The van der Waals surface area contributed by atoms with Crippen LogP contribution in [0.5, 0.6) is 0 Å². The average Bonchev–Trinajstić information content (AvgIpc) is 2.36. The van der Waals surface area contributed by atoms with Crippen LogP contribution in [0.4, 0.5) is 0 Å². The molecule has 0 aliphatic carbocycles. The molecule has 1 rings (SSSR count). The van der Waals surface area contributed by atoms with Crippen LogP contribution in [0.15, 0.2) is 18.2 Å². The molecule has 0 fully saturated rings. The van der Waals surface area contributed by atoms with E-state index in [1.165, 1.54) is 0 Å². The SMILES string of the molecule is C#CCOC(=O)c1cc(CNC)cc(CNC)c1. The summed E-state index contributed by atoms with van der Waals surface area (Å²) < 4.78 is 4.93. The van der Waals surface area contributed by atoms with Crippen LogP contribution in [0.3, 0.4) is 0 Å². The molecule has 0 saturated heterocycles. The van der Waals surface area contributed by atoms with Crippen LogP contribution in [0.2, 0.25) is 0 Å². The third-order valence-electron chi connectivity index (χ3n) is 2.34. The van der Waals surface area contributed by atoms with Gasteiger partial charge in [0.25, 0.3) is 0 Å². The molecule has 18 heavy (non-hydrogen) atoms. The van der Waals surface area contributed by atoms with Gasteiger partial charge in [0.05, 0.1) is 5.56 Å². The molecular weight excluding hydrogens is 228 g/mol. The lowest BCUT2D eigenvalue weighted by Gasteiger charge is -2.09. The Hall–Kier alpha value is -1.83. The summed E-state index contributed by atoms with van der Waals surface area (Å²) in [7, 11) is 3.72.